The maximum absolute atomic E-state index is 12.4. The van der Waals surface area contributed by atoms with Crippen molar-refractivity contribution < 1.29 is 29.7 Å². The van der Waals surface area contributed by atoms with Crippen molar-refractivity contribution in [1.29, 1.82) is 0 Å². The van der Waals surface area contributed by atoms with Crippen molar-refractivity contribution in [2.75, 3.05) is 0 Å². The van der Waals surface area contributed by atoms with Gasteiger partial charge in [0.05, 0.1) is 5.71 Å². The molecule has 4 heterocycles. The van der Waals surface area contributed by atoms with Crippen molar-refractivity contribution in [3.63, 3.8) is 0 Å². The minimum Gasteiger partial charge on any atom is -0.481 e. The highest BCUT2D eigenvalue weighted by Gasteiger charge is 2.34. The Labute approximate surface area is 252 Å². The molecule has 0 spiro atoms. The maximum Gasteiger partial charge on any atom is 0.303 e. The molecule has 43 heavy (non-hydrogen) atoms. The van der Waals surface area contributed by atoms with Gasteiger partial charge in [0.25, 0.3) is 5.91 Å². The molecule has 2 aliphatic heterocycles. The summed E-state index contributed by atoms with van der Waals surface area (Å²) in [6.45, 7) is 11.9. The number of aromatic nitrogens is 2. The second kappa shape index (κ2) is 13.2. The van der Waals surface area contributed by atoms with Crippen LogP contribution in [0.3, 0.4) is 0 Å². The Morgan fingerprint density at radius 1 is 0.907 bits per heavy atom. The van der Waals surface area contributed by atoms with Gasteiger partial charge in [-0.25, -0.2) is 4.99 Å². The quantitative estimate of drug-likeness (QED) is 0.195. The smallest absolute Gasteiger partial charge is 0.303 e. The zero-order chi connectivity index (χ0) is 31.6. The van der Waals surface area contributed by atoms with E-state index in [1.54, 1.807) is 0 Å². The van der Waals surface area contributed by atoms with Gasteiger partial charge >= 0.3 is 11.9 Å². The van der Waals surface area contributed by atoms with E-state index in [9.17, 15) is 29.7 Å². The van der Waals surface area contributed by atoms with Crippen molar-refractivity contribution in [2.45, 2.75) is 99.1 Å². The number of nitrogens with zero attached hydrogens (tertiary/aromatic N) is 1. The molecule has 3 atom stereocenters. The first-order valence-corrected chi connectivity index (χ1v) is 15.2. The summed E-state index contributed by atoms with van der Waals surface area (Å²) in [4.78, 5) is 46.8. The van der Waals surface area contributed by atoms with Gasteiger partial charge in [-0.1, -0.05) is 20.8 Å². The van der Waals surface area contributed by atoms with Gasteiger partial charge in [-0.05, 0) is 80.4 Å². The largest absolute Gasteiger partial charge is 0.481 e. The molecule has 10 heteroatoms. The summed E-state index contributed by atoms with van der Waals surface area (Å²) in [6.07, 6.45) is 4.40. The van der Waals surface area contributed by atoms with Gasteiger partial charge in [-0.2, -0.15) is 0 Å². The molecule has 0 aromatic carbocycles. The zero-order valence-electron chi connectivity index (χ0n) is 26.0. The number of aliphatic hydroxyl groups excluding tert-OH is 1. The lowest BCUT2D eigenvalue weighted by molar-refractivity contribution is -0.138. The number of carboxylic acid groups (broad SMARTS) is 2. The summed E-state index contributed by atoms with van der Waals surface area (Å²) >= 11 is 0. The van der Waals surface area contributed by atoms with E-state index in [0.717, 1.165) is 74.0 Å². The number of H-pyrrole nitrogens is 2. The Balaban J connectivity index is 1.75. The summed E-state index contributed by atoms with van der Waals surface area (Å²) in [5.41, 5.74) is 10.5. The number of hydrogen-bond donors (Lipinski definition) is 6. The number of carbonyl (C=O) groups is 3. The number of carboxylic acids is 2. The maximum atomic E-state index is 12.4. The molecule has 2 aliphatic rings. The number of allylic oxidation sites excluding steroid dienone is 2. The highest BCUT2D eigenvalue weighted by Crippen LogP contribution is 2.34. The van der Waals surface area contributed by atoms with Crippen LogP contribution in [0.25, 0.3) is 6.08 Å². The monoisotopic (exact) mass is 592 g/mol. The van der Waals surface area contributed by atoms with Crippen LogP contribution in [-0.2, 0) is 40.1 Å². The Bertz CT molecular complexity index is 1520. The molecule has 0 saturated carbocycles. The van der Waals surface area contributed by atoms with E-state index in [0.29, 0.717) is 32.1 Å². The van der Waals surface area contributed by atoms with Crippen LogP contribution >= 0.6 is 0 Å². The fraction of sp³-hybridized carbons (Fsp3) is 0.515. The summed E-state index contributed by atoms with van der Waals surface area (Å²) in [5.74, 6) is -1.71. The molecule has 0 radical (unpaired) electrons. The molecule has 1 fully saturated rings. The highest BCUT2D eigenvalue weighted by atomic mass is 16.4. The van der Waals surface area contributed by atoms with E-state index >= 15 is 0 Å². The van der Waals surface area contributed by atoms with Gasteiger partial charge in [0.15, 0.2) is 0 Å². The van der Waals surface area contributed by atoms with Crippen LogP contribution in [0.5, 0.6) is 0 Å². The fourth-order valence-electron chi connectivity index (χ4n) is 6.59. The van der Waals surface area contributed by atoms with Crippen molar-refractivity contribution >= 4 is 29.6 Å². The van der Waals surface area contributed by atoms with Crippen LogP contribution in [0, 0.1) is 25.7 Å². The van der Waals surface area contributed by atoms with Crippen molar-refractivity contribution in [2.24, 2.45) is 16.8 Å². The fourth-order valence-corrected chi connectivity index (χ4v) is 6.59. The third kappa shape index (κ3) is 6.69. The van der Waals surface area contributed by atoms with E-state index in [-0.39, 0.29) is 30.6 Å². The lowest BCUT2D eigenvalue weighted by atomic mass is 9.91. The van der Waals surface area contributed by atoms with Gasteiger partial charge < -0.3 is 30.6 Å². The van der Waals surface area contributed by atoms with E-state index in [1.807, 2.05) is 40.7 Å². The number of nitrogens with one attached hydrogen (secondary N) is 3. The molecule has 0 aliphatic carbocycles. The molecule has 232 valence electrons. The number of hydrogen-bond acceptors (Lipinski definition) is 5. The standard InChI is InChI=1S/C33H44N4O6/c1-7-20-19(6)32(42)37-27(20)14-25-18(5)23(10-12-31(40)41)29(35-25)15-28-22(9-11-30(38)39)17(4)24(34-28)13-26-16(3)21(8-2)33(43)36-26/h14,19-20,32,34-35,37,42H,7-13,15H2,1-6H3,(H,38,39)(H,40,41)/b27-14-/t19-,20-,32?/m1/s1. The molecule has 1 amide bonds. The van der Waals surface area contributed by atoms with Crippen molar-refractivity contribution in [3.8, 4) is 0 Å². The predicted octanol–water partition coefficient (Wildman–Crippen LogP) is 4.76. The molecule has 1 unspecified atom stereocenters. The minimum atomic E-state index is -0.886. The zero-order valence-corrected chi connectivity index (χ0v) is 26.0. The number of aliphatic hydroxyl groups is 1. The summed E-state index contributed by atoms with van der Waals surface area (Å²) in [6, 6.07) is 0. The molecule has 10 nitrogen and oxygen atoms in total. The van der Waals surface area contributed by atoms with Crippen molar-refractivity contribution in [3.05, 3.63) is 61.9 Å². The molecule has 0 bridgehead atoms. The van der Waals surface area contributed by atoms with Crippen LogP contribution in [0.2, 0.25) is 0 Å². The first kappa shape index (κ1) is 32.0. The molecule has 6 N–H and O–H groups in total. The minimum absolute atomic E-state index is 0.0204. The highest BCUT2D eigenvalue weighted by molar-refractivity contribution is 6.19. The second-order valence-electron chi connectivity index (χ2n) is 11.8. The number of aromatic amines is 2. The SMILES string of the molecule is CCC1=C(C)C(Cc2[nH]c(Cc3[nH]c(/C=C4\NC(O)[C@H](C)[C@H]4CC)c(C)c3CCC(=O)O)c(CCC(=O)O)c2C)=NC1=O. The first-order chi connectivity index (χ1) is 20.4. The topological polar surface area (TPSA) is 168 Å². The normalized spacial score (nSPS) is 21.2. The van der Waals surface area contributed by atoms with Gasteiger partial charge in [0, 0.05) is 71.6 Å². The lowest BCUT2D eigenvalue weighted by Crippen LogP contribution is -2.24. The third-order valence-corrected chi connectivity index (χ3v) is 9.27. The van der Waals surface area contributed by atoms with E-state index in [2.05, 4.69) is 27.2 Å². The second-order valence-corrected chi connectivity index (χ2v) is 11.8. The number of aliphatic carboxylic acids is 2. The van der Waals surface area contributed by atoms with E-state index in [4.69, 9.17) is 0 Å². The number of amides is 1. The molecular formula is C33H44N4O6. The van der Waals surface area contributed by atoms with Gasteiger partial charge in [0.2, 0.25) is 0 Å². The van der Waals surface area contributed by atoms with E-state index in [1.165, 1.54) is 0 Å². The van der Waals surface area contributed by atoms with Crippen LogP contribution in [-0.4, -0.2) is 55.1 Å². The van der Waals surface area contributed by atoms with Crippen molar-refractivity contribution in [1.82, 2.24) is 15.3 Å². The Morgan fingerprint density at radius 2 is 1.51 bits per heavy atom. The lowest BCUT2D eigenvalue weighted by Gasteiger charge is -2.13. The van der Waals surface area contributed by atoms with Crippen LogP contribution in [0.15, 0.2) is 21.8 Å². The van der Waals surface area contributed by atoms with Crippen LogP contribution < -0.4 is 5.32 Å². The summed E-state index contributed by atoms with van der Waals surface area (Å²) < 4.78 is 0. The summed E-state index contributed by atoms with van der Waals surface area (Å²) in [5, 5.41) is 32.6. The molecule has 4 rings (SSSR count). The molecular weight excluding hydrogens is 548 g/mol. The summed E-state index contributed by atoms with van der Waals surface area (Å²) in [7, 11) is 0. The Morgan fingerprint density at radius 3 is 2.07 bits per heavy atom. The Kier molecular flexibility index (Phi) is 9.79. The third-order valence-electron chi connectivity index (χ3n) is 9.27. The predicted molar refractivity (Wildman–Crippen MR) is 165 cm³/mol. The van der Waals surface area contributed by atoms with Gasteiger partial charge in [-0.3, -0.25) is 14.4 Å². The average molecular weight is 593 g/mol. The van der Waals surface area contributed by atoms with E-state index < -0.39 is 18.2 Å². The van der Waals surface area contributed by atoms with Gasteiger partial charge in [0.1, 0.15) is 6.23 Å². The van der Waals surface area contributed by atoms with Crippen LogP contribution in [0.1, 0.15) is 98.4 Å². The van der Waals surface area contributed by atoms with Gasteiger partial charge in [-0.15, -0.1) is 0 Å². The average Bonchev–Trinajstić information content (AvgIpc) is 3.59. The molecule has 2 aromatic rings. The molecule has 1 saturated heterocycles. The number of carbonyl (C=O) groups excluding carboxylic acids is 1. The Hall–Kier alpha value is -3.92. The van der Waals surface area contributed by atoms with Crippen LogP contribution in [0.4, 0.5) is 0 Å². The number of rotatable bonds is 13. The molecule has 2 aromatic heterocycles. The first-order valence-electron chi connectivity index (χ1n) is 15.2. The number of aliphatic imine (C=N–C) groups is 1.